The molecule has 0 aromatic heterocycles. The smallest absolute Gasteiger partial charge is 0.317 e. The van der Waals surface area contributed by atoms with Gasteiger partial charge in [0.2, 0.25) is 0 Å². The minimum Gasteiger partial charge on any atom is -0.452 e. The number of ether oxygens (including phenoxy) is 1. The van der Waals surface area contributed by atoms with Crippen molar-refractivity contribution in [1.82, 2.24) is 0 Å². The topological polar surface area (TPSA) is 55.4 Å². The molecule has 0 radical (unpaired) electrons. The van der Waals surface area contributed by atoms with Gasteiger partial charge >= 0.3 is 5.97 Å². The molecule has 26 heavy (non-hydrogen) atoms. The Kier molecular flexibility index (Phi) is 6.86. The summed E-state index contributed by atoms with van der Waals surface area (Å²) in [6, 6.07) is 11.9. The maximum atomic E-state index is 12.4. The van der Waals surface area contributed by atoms with Gasteiger partial charge in [-0.15, -0.1) is 11.8 Å². The zero-order valence-electron chi connectivity index (χ0n) is 15.9. The number of benzene rings is 2. The second-order valence-electron chi connectivity index (χ2n) is 6.45. The molecule has 0 heterocycles. The summed E-state index contributed by atoms with van der Waals surface area (Å²) in [5.74, 6) is -0.557. The molecule has 5 heteroatoms. The van der Waals surface area contributed by atoms with Gasteiger partial charge in [0.15, 0.2) is 6.10 Å². The maximum absolute atomic E-state index is 12.4. The summed E-state index contributed by atoms with van der Waals surface area (Å²) in [6.07, 6.45) is -0.847. The van der Waals surface area contributed by atoms with Crippen LogP contribution in [-0.2, 0) is 14.3 Å². The predicted octanol–water partition coefficient (Wildman–Crippen LogP) is 4.58. The van der Waals surface area contributed by atoms with E-state index in [4.69, 9.17) is 4.74 Å². The lowest BCUT2D eigenvalue weighted by molar-refractivity contribution is -0.150. The van der Waals surface area contributed by atoms with E-state index < -0.39 is 12.1 Å². The molecule has 2 rings (SSSR count). The Labute approximate surface area is 159 Å². The summed E-state index contributed by atoms with van der Waals surface area (Å²) in [5.41, 5.74) is 5.01. The molecule has 0 aliphatic carbocycles. The second-order valence-corrected chi connectivity index (χ2v) is 7.47. The highest BCUT2D eigenvalue weighted by atomic mass is 32.2. The van der Waals surface area contributed by atoms with Crippen molar-refractivity contribution in [3.8, 4) is 0 Å². The van der Waals surface area contributed by atoms with Gasteiger partial charge in [0.1, 0.15) is 0 Å². The molecular formula is C21H25NO3S. The van der Waals surface area contributed by atoms with Crippen molar-refractivity contribution in [3.63, 3.8) is 0 Å². The van der Waals surface area contributed by atoms with Crippen LogP contribution in [0.2, 0.25) is 0 Å². The maximum Gasteiger partial charge on any atom is 0.317 e. The van der Waals surface area contributed by atoms with Crippen molar-refractivity contribution in [2.75, 3.05) is 11.1 Å². The van der Waals surface area contributed by atoms with Gasteiger partial charge in [-0.1, -0.05) is 35.9 Å². The molecule has 2 aromatic carbocycles. The molecule has 0 aliphatic heterocycles. The highest BCUT2D eigenvalue weighted by Gasteiger charge is 2.19. The number of thioether (sulfide) groups is 1. The van der Waals surface area contributed by atoms with Crippen molar-refractivity contribution in [2.24, 2.45) is 0 Å². The van der Waals surface area contributed by atoms with Crippen LogP contribution < -0.4 is 5.32 Å². The van der Waals surface area contributed by atoms with Gasteiger partial charge in [0, 0.05) is 10.6 Å². The largest absolute Gasteiger partial charge is 0.452 e. The van der Waals surface area contributed by atoms with Crippen LogP contribution in [0.15, 0.2) is 41.3 Å². The lowest BCUT2D eigenvalue weighted by atomic mass is 10.0. The van der Waals surface area contributed by atoms with Gasteiger partial charge in [-0.25, -0.2) is 0 Å². The molecule has 4 nitrogen and oxygen atoms in total. The Bertz CT molecular complexity index is 794. The number of amides is 1. The number of hydrogen-bond donors (Lipinski definition) is 1. The van der Waals surface area contributed by atoms with Crippen LogP contribution in [0.3, 0.4) is 0 Å². The van der Waals surface area contributed by atoms with Gasteiger partial charge in [0.25, 0.3) is 5.91 Å². The molecule has 0 saturated carbocycles. The van der Waals surface area contributed by atoms with Gasteiger partial charge in [-0.3, -0.25) is 9.59 Å². The Morgan fingerprint density at radius 2 is 1.65 bits per heavy atom. The molecule has 138 valence electrons. The van der Waals surface area contributed by atoms with Gasteiger partial charge in [-0.05, 0) is 57.4 Å². The first-order valence-electron chi connectivity index (χ1n) is 8.54. The normalized spacial score (nSPS) is 11.7. The third-order valence-corrected chi connectivity index (χ3v) is 5.19. The fourth-order valence-electron chi connectivity index (χ4n) is 2.74. The zero-order valence-corrected chi connectivity index (χ0v) is 16.7. The highest BCUT2D eigenvalue weighted by molar-refractivity contribution is 8.00. The molecule has 0 spiro atoms. The third kappa shape index (κ3) is 5.36. The molecule has 0 fully saturated rings. The van der Waals surface area contributed by atoms with E-state index in [1.807, 2.05) is 64.1 Å². The first-order valence-corrected chi connectivity index (χ1v) is 9.53. The zero-order chi connectivity index (χ0) is 19.3. The predicted molar refractivity (Wildman–Crippen MR) is 107 cm³/mol. The number of carbonyl (C=O) groups excluding carboxylic acids is 2. The van der Waals surface area contributed by atoms with Crippen LogP contribution in [-0.4, -0.2) is 23.7 Å². The van der Waals surface area contributed by atoms with Crippen LogP contribution in [0.5, 0.6) is 0 Å². The molecule has 1 amide bonds. The third-order valence-electron chi connectivity index (χ3n) is 4.04. The van der Waals surface area contributed by atoms with Crippen LogP contribution >= 0.6 is 11.8 Å². The SMILES string of the molecule is Cc1cc(C)c(NC(=O)[C@H](C)OC(=O)CSc2ccccc2C)c(C)c1. The average Bonchev–Trinajstić information content (AvgIpc) is 2.57. The molecule has 0 saturated heterocycles. The molecule has 0 bridgehead atoms. The summed E-state index contributed by atoms with van der Waals surface area (Å²) < 4.78 is 5.28. The van der Waals surface area contributed by atoms with Crippen LogP contribution in [0.4, 0.5) is 5.69 Å². The number of nitrogens with one attached hydrogen (secondary N) is 1. The van der Waals surface area contributed by atoms with Crippen molar-refractivity contribution < 1.29 is 14.3 Å². The molecule has 0 unspecified atom stereocenters. The van der Waals surface area contributed by atoms with Gasteiger partial charge in [0.05, 0.1) is 5.75 Å². The Hall–Kier alpha value is -2.27. The van der Waals surface area contributed by atoms with Crippen molar-refractivity contribution in [3.05, 3.63) is 58.7 Å². The van der Waals surface area contributed by atoms with Crippen molar-refractivity contribution in [1.29, 1.82) is 0 Å². The standard InChI is InChI=1S/C21H25NO3S/c1-13-10-15(3)20(16(4)11-13)22-21(24)17(5)25-19(23)12-26-18-9-7-6-8-14(18)2/h6-11,17H,12H2,1-5H3,(H,22,24)/t17-/m0/s1. The number of esters is 1. The fraction of sp³-hybridized carbons (Fsp3) is 0.333. The first kappa shape index (κ1) is 20.0. The molecule has 1 atom stereocenters. The quantitative estimate of drug-likeness (QED) is 0.596. The first-order chi connectivity index (χ1) is 12.3. The second kappa shape index (κ2) is 8.90. The summed E-state index contributed by atoms with van der Waals surface area (Å²) in [5, 5.41) is 2.87. The van der Waals surface area contributed by atoms with E-state index in [1.54, 1.807) is 6.92 Å². The summed E-state index contributed by atoms with van der Waals surface area (Å²) in [6.45, 7) is 9.50. The van der Waals surface area contributed by atoms with Crippen molar-refractivity contribution in [2.45, 2.75) is 45.6 Å². The van der Waals surface area contributed by atoms with Crippen molar-refractivity contribution >= 4 is 29.3 Å². The van der Waals surface area contributed by atoms with E-state index in [1.165, 1.54) is 11.8 Å². The molecular weight excluding hydrogens is 346 g/mol. The van der Waals surface area contributed by atoms with E-state index in [-0.39, 0.29) is 11.7 Å². The lowest BCUT2D eigenvalue weighted by Gasteiger charge is -2.17. The molecule has 2 aromatic rings. The van der Waals surface area contributed by atoms with Crippen LogP contribution in [0, 0.1) is 27.7 Å². The molecule has 1 N–H and O–H groups in total. The van der Waals surface area contributed by atoms with Gasteiger partial charge in [-0.2, -0.15) is 0 Å². The van der Waals surface area contributed by atoms with Crippen LogP contribution in [0.25, 0.3) is 0 Å². The Morgan fingerprint density at radius 1 is 1.04 bits per heavy atom. The van der Waals surface area contributed by atoms with E-state index in [0.29, 0.717) is 0 Å². The highest BCUT2D eigenvalue weighted by Crippen LogP contribution is 2.23. The fourth-order valence-corrected chi connectivity index (χ4v) is 3.55. The van der Waals surface area contributed by atoms with E-state index in [0.717, 1.165) is 32.8 Å². The number of hydrogen-bond acceptors (Lipinski definition) is 4. The number of anilines is 1. The van der Waals surface area contributed by atoms with E-state index >= 15 is 0 Å². The monoisotopic (exact) mass is 371 g/mol. The Morgan fingerprint density at radius 3 is 2.27 bits per heavy atom. The summed E-state index contributed by atoms with van der Waals surface area (Å²) >= 11 is 1.41. The van der Waals surface area contributed by atoms with E-state index in [9.17, 15) is 9.59 Å². The lowest BCUT2D eigenvalue weighted by Crippen LogP contribution is -2.31. The van der Waals surface area contributed by atoms with E-state index in [2.05, 4.69) is 5.32 Å². The van der Waals surface area contributed by atoms with Gasteiger partial charge < -0.3 is 10.1 Å². The summed E-state index contributed by atoms with van der Waals surface area (Å²) in [7, 11) is 0. The van der Waals surface area contributed by atoms with Crippen LogP contribution in [0.1, 0.15) is 29.2 Å². The molecule has 0 aliphatic rings. The number of carbonyl (C=O) groups is 2. The number of aryl methyl sites for hydroxylation is 4. The summed E-state index contributed by atoms with van der Waals surface area (Å²) in [4.78, 5) is 25.5. The average molecular weight is 372 g/mol. The number of rotatable bonds is 6. The minimum atomic E-state index is -0.847. The minimum absolute atomic E-state index is 0.172. The Balaban J connectivity index is 1.90.